The summed E-state index contributed by atoms with van der Waals surface area (Å²) in [5.41, 5.74) is 1.49. The van der Waals surface area contributed by atoms with Crippen LogP contribution in [0.1, 0.15) is 25.8 Å². The molecule has 158 valence electrons. The highest BCUT2D eigenvalue weighted by Gasteiger charge is 2.30. The normalized spacial score (nSPS) is 13.4. The van der Waals surface area contributed by atoms with Gasteiger partial charge in [-0.05, 0) is 50.5 Å². The number of methoxy groups -OCH3 is 1. The molecule has 29 heavy (non-hydrogen) atoms. The van der Waals surface area contributed by atoms with Crippen LogP contribution in [-0.4, -0.2) is 39.8 Å². The summed E-state index contributed by atoms with van der Waals surface area (Å²) in [4.78, 5) is 12.8. The second kappa shape index (κ2) is 9.98. The van der Waals surface area contributed by atoms with Crippen LogP contribution in [-0.2, 0) is 21.2 Å². The number of carbonyl (C=O) groups excluding carboxylic acids is 1. The number of benzene rings is 2. The SMILES string of the molecule is COc1ccc(N([C@H](C)C(=O)N[C@H](C)CCc2ccccc2)S(C)(=O)=O)cc1Cl. The van der Waals surface area contributed by atoms with E-state index in [2.05, 4.69) is 5.32 Å². The third kappa shape index (κ3) is 6.37. The molecule has 8 heteroatoms. The second-order valence-corrected chi connectivity index (χ2v) is 9.25. The number of halogens is 1. The van der Waals surface area contributed by atoms with Gasteiger partial charge in [-0.2, -0.15) is 0 Å². The van der Waals surface area contributed by atoms with Crippen molar-refractivity contribution in [2.45, 2.75) is 38.8 Å². The summed E-state index contributed by atoms with van der Waals surface area (Å²) in [6.07, 6.45) is 2.63. The highest BCUT2D eigenvalue weighted by atomic mass is 35.5. The predicted octanol–water partition coefficient (Wildman–Crippen LogP) is 3.64. The molecule has 0 aliphatic heterocycles. The van der Waals surface area contributed by atoms with Gasteiger partial charge in [0.15, 0.2) is 0 Å². The second-order valence-electron chi connectivity index (χ2n) is 6.99. The van der Waals surface area contributed by atoms with Crippen molar-refractivity contribution in [3.8, 4) is 5.75 Å². The molecular formula is C21H27ClN2O4S. The van der Waals surface area contributed by atoms with Crippen LogP contribution >= 0.6 is 11.6 Å². The minimum Gasteiger partial charge on any atom is -0.495 e. The van der Waals surface area contributed by atoms with E-state index < -0.39 is 16.1 Å². The number of aryl methyl sites for hydroxylation is 1. The Bertz CT molecular complexity index is 935. The zero-order valence-electron chi connectivity index (χ0n) is 17.1. The molecular weight excluding hydrogens is 412 g/mol. The zero-order valence-corrected chi connectivity index (χ0v) is 18.6. The summed E-state index contributed by atoms with van der Waals surface area (Å²) in [6, 6.07) is 13.6. The van der Waals surface area contributed by atoms with Gasteiger partial charge in [-0.25, -0.2) is 8.42 Å². The summed E-state index contributed by atoms with van der Waals surface area (Å²) in [7, 11) is -2.24. The lowest BCUT2D eigenvalue weighted by Gasteiger charge is -2.29. The number of carbonyl (C=O) groups is 1. The van der Waals surface area contributed by atoms with E-state index in [0.29, 0.717) is 11.4 Å². The minimum absolute atomic E-state index is 0.106. The van der Waals surface area contributed by atoms with Crippen molar-refractivity contribution in [3.05, 3.63) is 59.1 Å². The first kappa shape index (κ1) is 23.0. The minimum atomic E-state index is -3.72. The van der Waals surface area contributed by atoms with Gasteiger partial charge < -0.3 is 10.1 Å². The molecule has 2 atom stereocenters. The molecule has 0 aliphatic carbocycles. The van der Waals surface area contributed by atoms with E-state index in [0.717, 1.165) is 23.4 Å². The summed E-state index contributed by atoms with van der Waals surface area (Å²) in [6.45, 7) is 3.46. The van der Waals surface area contributed by atoms with E-state index in [-0.39, 0.29) is 17.0 Å². The number of anilines is 1. The van der Waals surface area contributed by atoms with Crippen LogP contribution in [0, 0.1) is 0 Å². The number of sulfonamides is 1. The van der Waals surface area contributed by atoms with Crippen molar-refractivity contribution >= 4 is 33.2 Å². The topological polar surface area (TPSA) is 75.7 Å². The largest absolute Gasteiger partial charge is 0.495 e. The monoisotopic (exact) mass is 438 g/mol. The molecule has 0 aliphatic rings. The van der Waals surface area contributed by atoms with E-state index in [1.54, 1.807) is 19.1 Å². The average Bonchev–Trinajstić information content (AvgIpc) is 2.66. The molecule has 0 saturated heterocycles. The van der Waals surface area contributed by atoms with Crippen molar-refractivity contribution in [2.24, 2.45) is 0 Å². The van der Waals surface area contributed by atoms with Crippen molar-refractivity contribution < 1.29 is 17.9 Å². The van der Waals surface area contributed by atoms with Crippen LogP contribution in [0.3, 0.4) is 0 Å². The molecule has 2 aromatic rings. The Morgan fingerprint density at radius 2 is 1.83 bits per heavy atom. The van der Waals surface area contributed by atoms with Gasteiger partial charge in [0.2, 0.25) is 15.9 Å². The van der Waals surface area contributed by atoms with E-state index in [1.165, 1.54) is 18.7 Å². The molecule has 0 spiro atoms. The van der Waals surface area contributed by atoms with Crippen LogP contribution in [0.4, 0.5) is 5.69 Å². The van der Waals surface area contributed by atoms with Gasteiger partial charge in [0.1, 0.15) is 11.8 Å². The predicted molar refractivity (Wildman–Crippen MR) is 117 cm³/mol. The van der Waals surface area contributed by atoms with Crippen LogP contribution in [0.2, 0.25) is 5.02 Å². The fraction of sp³-hybridized carbons (Fsp3) is 0.381. The maximum atomic E-state index is 12.8. The van der Waals surface area contributed by atoms with Crippen molar-refractivity contribution in [2.75, 3.05) is 17.7 Å². The smallest absolute Gasteiger partial charge is 0.243 e. The van der Waals surface area contributed by atoms with Crippen LogP contribution in [0.15, 0.2) is 48.5 Å². The number of hydrogen-bond acceptors (Lipinski definition) is 4. The molecule has 1 amide bonds. The van der Waals surface area contributed by atoms with Crippen molar-refractivity contribution in [1.29, 1.82) is 0 Å². The van der Waals surface area contributed by atoms with Crippen LogP contribution in [0.25, 0.3) is 0 Å². The van der Waals surface area contributed by atoms with Gasteiger partial charge in [-0.15, -0.1) is 0 Å². The third-order valence-corrected chi connectivity index (χ3v) is 6.11. The van der Waals surface area contributed by atoms with Gasteiger partial charge in [0, 0.05) is 6.04 Å². The molecule has 0 radical (unpaired) electrons. The zero-order chi connectivity index (χ0) is 21.6. The van der Waals surface area contributed by atoms with Gasteiger partial charge >= 0.3 is 0 Å². The summed E-state index contributed by atoms with van der Waals surface area (Å²) in [5, 5.41) is 3.17. The third-order valence-electron chi connectivity index (χ3n) is 4.58. The lowest BCUT2D eigenvalue weighted by molar-refractivity contribution is -0.122. The Morgan fingerprint density at radius 3 is 2.38 bits per heavy atom. The van der Waals surface area contributed by atoms with E-state index >= 15 is 0 Å². The quantitative estimate of drug-likeness (QED) is 0.648. The van der Waals surface area contributed by atoms with Crippen molar-refractivity contribution in [3.63, 3.8) is 0 Å². The van der Waals surface area contributed by atoms with E-state index in [4.69, 9.17) is 16.3 Å². The van der Waals surface area contributed by atoms with Gasteiger partial charge in [-0.1, -0.05) is 41.9 Å². The summed E-state index contributed by atoms with van der Waals surface area (Å²) >= 11 is 6.14. The Labute approximate surface area is 177 Å². The molecule has 0 unspecified atom stereocenters. The molecule has 2 aromatic carbocycles. The maximum Gasteiger partial charge on any atom is 0.243 e. The summed E-state index contributed by atoms with van der Waals surface area (Å²) in [5.74, 6) is 0.0541. The maximum absolute atomic E-state index is 12.8. The highest BCUT2D eigenvalue weighted by Crippen LogP contribution is 2.31. The molecule has 0 bridgehead atoms. The Kier molecular flexibility index (Phi) is 7.93. The summed E-state index contributed by atoms with van der Waals surface area (Å²) < 4.78 is 31.0. The number of rotatable bonds is 9. The van der Waals surface area contributed by atoms with Gasteiger partial charge in [0.05, 0.1) is 24.1 Å². The molecule has 0 fully saturated rings. The Balaban J connectivity index is 2.11. The van der Waals surface area contributed by atoms with Crippen molar-refractivity contribution in [1.82, 2.24) is 5.32 Å². The highest BCUT2D eigenvalue weighted by molar-refractivity contribution is 7.92. The molecule has 0 saturated carbocycles. The van der Waals surface area contributed by atoms with Gasteiger partial charge in [0.25, 0.3) is 0 Å². The molecule has 2 rings (SSSR count). The molecule has 6 nitrogen and oxygen atoms in total. The first-order valence-corrected chi connectivity index (χ1v) is 11.5. The average molecular weight is 439 g/mol. The number of nitrogens with zero attached hydrogens (tertiary/aromatic N) is 1. The standard InChI is InChI=1S/C21H27ClN2O4S/c1-15(10-11-17-8-6-5-7-9-17)23-21(25)16(2)24(29(4,26)27)18-12-13-20(28-3)19(22)14-18/h5-9,12-16H,10-11H2,1-4H3,(H,23,25)/t15-,16-/m1/s1. The molecule has 1 N–H and O–H groups in total. The Morgan fingerprint density at radius 1 is 1.17 bits per heavy atom. The van der Waals surface area contributed by atoms with E-state index in [1.807, 2.05) is 37.3 Å². The number of hydrogen-bond donors (Lipinski definition) is 1. The van der Waals surface area contributed by atoms with Gasteiger partial charge in [-0.3, -0.25) is 9.10 Å². The number of ether oxygens (including phenoxy) is 1. The fourth-order valence-electron chi connectivity index (χ4n) is 3.06. The Hall–Kier alpha value is -2.25. The number of nitrogens with one attached hydrogen (secondary N) is 1. The van der Waals surface area contributed by atoms with E-state index in [9.17, 15) is 13.2 Å². The van der Waals surface area contributed by atoms with Crippen LogP contribution < -0.4 is 14.4 Å². The molecule has 0 heterocycles. The lowest BCUT2D eigenvalue weighted by atomic mass is 10.1. The number of amides is 1. The first-order chi connectivity index (χ1) is 13.6. The fourth-order valence-corrected chi connectivity index (χ4v) is 4.48. The molecule has 0 aromatic heterocycles. The van der Waals surface area contributed by atoms with Crippen LogP contribution in [0.5, 0.6) is 5.75 Å². The lowest BCUT2D eigenvalue weighted by Crippen LogP contribution is -2.50. The first-order valence-electron chi connectivity index (χ1n) is 9.30.